The fourth-order valence-corrected chi connectivity index (χ4v) is 2.19. The van der Waals surface area contributed by atoms with Crippen molar-refractivity contribution in [1.82, 2.24) is 0 Å². The number of anilines is 1. The summed E-state index contributed by atoms with van der Waals surface area (Å²) in [6.45, 7) is 2.78. The zero-order valence-electron chi connectivity index (χ0n) is 12.4. The van der Waals surface area contributed by atoms with Gasteiger partial charge in [-0.05, 0) is 58.3 Å². The zero-order valence-corrected chi connectivity index (χ0v) is 14.0. The summed E-state index contributed by atoms with van der Waals surface area (Å²) < 4.78 is 6.38. The van der Waals surface area contributed by atoms with Crippen molar-refractivity contribution in [3.8, 4) is 5.75 Å². The van der Waals surface area contributed by atoms with Crippen molar-refractivity contribution in [2.75, 3.05) is 11.9 Å². The van der Waals surface area contributed by atoms with Gasteiger partial charge in [-0.3, -0.25) is 4.79 Å². The molecule has 0 aromatic heterocycles. The molecular formula is C18H18BrNO2. The second kappa shape index (κ2) is 8.39. The molecule has 0 aliphatic carbocycles. The van der Waals surface area contributed by atoms with Gasteiger partial charge in [0.25, 0.3) is 0 Å². The van der Waals surface area contributed by atoms with Crippen LogP contribution in [0.5, 0.6) is 5.75 Å². The van der Waals surface area contributed by atoms with Gasteiger partial charge in [0.15, 0.2) is 0 Å². The van der Waals surface area contributed by atoms with E-state index in [1.165, 1.54) is 6.08 Å². The van der Waals surface area contributed by atoms with E-state index < -0.39 is 0 Å². The predicted molar refractivity (Wildman–Crippen MR) is 94.0 cm³/mol. The number of carbonyl (C=O) groups excluding carboxylic acids is 1. The number of ether oxygens (including phenoxy) is 1. The highest BCUT2D eigenvalue weighted by Gasteiger charge is 2.01. The third-order valence-electron chi connectivity index (χ3n) is 2.91. The summed E-state index contributed by atoms with van der Waals surface area (Å²) >= 11 is 3.40. The van der Waals surface area contributed by atoms with Gasteiger partial charge >= 0.3 is 0 Å². The van der Waals surface area contributed by atoms with E-state index in [1.807, 2.05) is 48.5 Å². The van der Waals surface area contributed by atoms with Crippen molar-refractivity contribution in [1.29, 1.82) is 0 Å². The lowest BCUT2D eigenvalue weighted by molar-refractivity contribution is -0.111. The Balaban J connectivity index is 1.93. The minimum absolute atomic E-state index is 0.168. The van der Waals surface area contributed by atoms with E-state index >= 15 is 0 Å². The molecule has 2 aromatic carbocycles. The van der Waals surface area contributed by atoms with Crippen LogP contribution in [0.15, 0.2) is 59.1 Å². The Kier molecular flexibility index (Phi) is 6.22. The summed E-state index contributed by atoms with van der Waals surface area (Å²) in [5.41, 5.74) is 1.70. The molecule has 1 amide bonds. The third kappa shape index (κ3) is 5.04. The summed E-state index contributed by atoms with van der Waals surface area (Å²) in [6, 6.07) is 15.2. The fraction of sp³-hybridized carbons (Fsp3) is 0.167. The average molecular weight is 360 g/mol. The van der Waals surface area contributed by atoms with Gasteiger partial charge in [0, 0.05) is 10.5 Å². The summed E-state index contributed by atoms with van der Waals surface area (Å²) in [7, 11) is 0. The minimum atomic E-state index is -0.168. The Labute approximate surface area is 139 Å². The highest BCUT2D eigenvalue weighted by atomic mass is 79.9. The molecule has 0 atom stereocenters. The number of carbonyl (C=O) groups is 1. The van der Waals surface area contributed by atoms with Crippen LogP contribution in [0.2, 0.25) is 0 Å². The maximum absolute atomic E-state index is 11.9. The second-order valence-corrected chi connectivity index (χ2v) is 5.57. The van der Waals surface area contributed by atoms with Crippen molar-refractivity contribution in [3.63, 3.8) is 0 Å². The van der Waals surface area contributed by atoms with E-state index in [0.717, 1.165) is 27.9 Å². The van der Waals surface area contributed by atoms with E-state index in [2.05, 4.69) is 28.2 Å². The molecule has 0 aliphatic heterocycles. The molecule has 0 spiro atoms. The van der Waals surface area contributed by atoms with Crippen molar-refractivity contribution in [2.24, 2.45) is 0 Å². The normalized spacial score (nSPS) is 10.6. The summed E-state index contributed by atoms with van der Waals surface area (Å²) in [6.07, 6.45) is 4.27. The molecule has 0 saturated carbocycles. The molecular weight excluding hydrogens is 342 g/mol. The number of benzene rings is 2. The Hall–Kier alpha value is -2.07. The molecule has 0 aliphatic rings. The van der Waals surface area contributed by atoms with Gasteiger partial charge in [-0.2, -0.15) is 0 Å². The molecule has 2 rings (SSSR count). The SMILES string of the molecule is CCCOc1ccc(/C=C/C(=O)Nc2ccccc2Br)cc1. The van der Waals surface area contributed by atoms with Crippen LogP contribution < -0.4 is 10.1 Å². The molecule has 0 fully saturated rings. The third-order valence-corrected chi connectivity index (χ3v) is 3.60. The molecule has 0 saturated heterocycles. The largest absolute Gasteiger partial charge is 0.494 e. The van der Waals surface area contributed by atoms with Crippen LogP contribution in [-0.4, -0.2) is 12.5 Å². The number of halogens is 1. The number of hydrogen-bond acceptors (Lipinski definition) is 2. The van der Waals surface area contributed by atoms with Gasteiger partial charge in [-0.15, -0.1) is 0 Å². The lowest BCUT2D eigenvalue weighted by atomic mass is 10.2. The number of rotatable bonds is 6. The monoisotopic (exact) mass is 359 g/mol. The number of nitrogens with one attached hydrogen (secondary N) is 1. The summed E-state index contributed by atoms with van der Waals surface area (Å²) in [5, 5.41) is 2.82. The molecule has 0 unspecified atom stereocenters. The van der Waals surface area contributed by atoms with Gasteiger partial charge in [-0.25, -0.2) is 0 Å². The molecule has 0 radical (unpaired) electrons. The van der Waals surface area contributed by atoms with Gasteiger partial charge in [0.1, 0.15) is 5.75 Å². The summed E-state index contributed by atoms with van der Waals surface area (Å²) in [5.74, 6) is 0.676. The Morgan fingerprint density at radius 3 is 2.59 bits per heavy atom. The minimum Gasteiger partial charge on any atom is -0.494 e. The number of hydrogen-bond donors (Lipinski definition) is 1. The van der Waals surface area contributed by atoms with Crippen molar-refractivity contribution in [2.45, 2.75) is 13.3 Å². The van der Waals surface area contributed by atoms with Gasteiger partial charge < -0.3 is 10.1 Å². The quantitative estimate of drug-likeness (QED) is 0.745. The number of para-hydroxylation sites is 1. The smallest absolute Gasteiger partial charge is 0.248 e. The first-order valence-corrected chi connectivity index (χ1v) is 7.95. The van der Waals surface area contributed by atoms with E-state index in [0.29, 0.717) is 6.61 Å². The lowest BCUT2D eigenvalue weighted by Gasteiger charge is -2.05. The summed E-state index contributed by atoms with van der Waals surface area (Å²) in [4.78, 5) is 11.9. The number of amides is 1. The Morgan fingerprint density at radius 2 is 1.91 bits per heavy atom. The van der Waals surface area contributed by atoms with Crippen LogP contribution in [0.3, 0.4) is 0 Å². The van der Waals surface area contributed by atoms with Crippen LogP contribution >= 0.6 is 15.9 Å². The molecule has 4 heteroatoms. The lowest BCUT2D eigenvalue weighted by Crippen LogP contribution is -2.07. The van der Waals surface area contributed by atoms with Gasteiger partial charge in [0.2, 0.25) is 5.91 Å². The Morgan fingerprint density at radius 1 is 1.18 bits per heavy atom. The van der Waals surface area contributed by atoms with Crippen molar-refractivity contribution >= 4 is 33.6 Å². The first-order chi connectivity index (χ1) is 10.7. The van der Waals surface area contributed by atoms with Crippen molar-refractivity contribution in [3.05, 3.63) is 64.6 Å². The molecule has 22 heavy (non-hydrogen) atoms. The maximum Gasteiger partial charge on any atom is 0.248 e. The first kappa shape index (κ1) is 16.3. The van der Waals surface area contributed by atoms with E-state index in [1.54, 1.807) is 6.08 Å². The molecule has 3 nitrogen and oxygen atoms in total. The molecule has 2 aromatic rings. The fourth-order valence-electron chi connectivity index (χ4n) is 1.80. The van der Waals surface area contributed by atoms with E-state index in [4.69, 9.17) is 4.74 Å². The molecule has 1 N–H and O–H groups in total. The topological polar surface area (TPSA) is 38.3 Å². The van der Waals surface area contributed by atoms with Crippen LogP contribution in [0.25, 0.3) is 6.08 Å². The van der Waals surface area contributed by atoms with E-state index in [9.17, 15) is 4.79 Å². The average Bonchev–Trinajstić information content (AvgIpc) is 2.54. The Bertz CT molecular complexity index is 650. The van der Waals surface area contributed by atoms with Crippen LogP contribution in [-0.2, 0) is 4.79 Å². The highest BCUT2D eigenvalue weighted by Crippen LogP contribution is 2.21. The molecule has 114 valence electrons. The zero-order chi connectivity index (χ0) is 15.8. The van der Waals surface area contributed by atoms with Gasteiger partial charge in [0.05, 0.1) is 12.3 Å². The predicted octanol–water partition coefficient (Wildman–Crippen LogP) is 4.89. The standard InChI is InChI=1S/C18H18BrNO2/c1-2-13-22-15-10-7-14(8-11-15)9-12-18(21)20-17-6-4-3-5-16(17)19/h3-12H,2,13H2,1H3,(H,20,21)/b12-9+. The van der Waals surface area contributed by atoms with Crippen LogP contribution in [0.1, 0.15) is 18.9 Å². The maximum atomic E-state index is 11.9. The molecule has 0 heterocycles. The molecule has 0 bridgehead atoms. The van der Waals surface area contributed by atoms with Crippen LogP contribution in [0, 0.1) is 0 Å². The first-order valence-electron chi connectivity index (χ1n) is 7.15. The van der Waals surface area contributed by atoms with Crippen molar-refractivity contribution < 1.29 is 9.53 Å². The highest BCUT2D eigenvalue weighted by molar-refractivity contribution is 9.10. The van der Waals surface area contributed by atoms with Crippen LogP contribution in [0.4, 0.5) is 5.69 Å². The van der Waals surface area contributed by atoms with Gasteiger partial charge in [-0.1, -0.05) is 31.2 Å². The van der Waals surface area contributed by atoms with E-state index in [-0.39, 0.29) is 5.91 Å². The second-order valence-electron chi connectivity index (χ2n) is 4.72.